The van der Waals surface area contributed by atoms with Gasteiger partial charge < -0.3 is 25.4 Å². The van der Waals surface area contributed by atoms with Crippen LogP contribution in [0.4, 0.5) is 4.79 Å². The smallest absolute Gasteiger partial charge is 0.408 e. The maximum Gasteiger partial charge on any atom is 0.408 e. The first-order chi connectivity index (χ1) is 21.6. The average molecular weight is 608 g/mol. The highest BCUT2D eigenvalue weighted by molar-refractivity contribution is 5.91. The van der Waals surface area contributed by atoms with E-state index in [1.165, 1.54) is 0 Å². The molecule has 1 atom stereocenters. The van der Waals surface area contributed by atoms with E-state index < -0.39 is 35.1 Å². The van der Waals surface area contributed by atoms with Crippen LogP contribution in [0.1, 0.15) is 49.4 Å². The summed E-state index contributed by atoms with van der Waals surface area (Å²) in [6, 6.07) is 35.4. The van der Waals surface area contributed by atoms with Crippen LogP contribution in [0.2, 0.25) is 0 Å². The molecule has 8 nitrogen and oxygen atoms in total. The zero-order chi connectivity index (χ0) is 32.3. The molecule has 0 aliphatic carbocycles. The Balaban J connectivity index is 1.61. The van der Waals surface area contributed by atoms with Crippen molar-refractivity contribution < 1.29 is 23.9 Å². The standard InChI is InChI=1S/C37H41N3O5/c1-36(2,3)45-35(43)39-32(34(42)38-24-23-27-15-14-22-31(25-27)44-4)26-33(41)40-37(28-16-8-5-9-17-28,29-18-10-6-11-19-29)30-20-12-7-13-21-30/h5-22,25,32H,23-24,26H2,1-4H3,(H,38,42)(H,39,43)(H,40,41)/t32-/m1/s1. The Bertz CT molecular complexity index is 1460. The second-order valence-electron chi connectivity index (χ2n) is 11.7. The van der Waals surface area contributed by atoms with E-state index in [9.17, 15) is 14.4 Å². The number of alkyl carbamates (subject to hydrolysis) is 1. The molecule has 0 spiro atoms. The van der Waals surface area contributed by atoms with E-state index >= 15 is 0 Å². The van der Waals surface area contributed by atoms with Crippen molar-refractivity contribution in [3.8, 4) is 5.75 Å². The Kier molecular flexibility index (Phi) is 11.0. The minimum absolute atomic E-state index is 0.294. The zero-order valence-corrected chi connectivity index (χ0v) is 26.2. The number of ether oxygens (including phenoxy) is 2. The Labute approximate surface area is 265 Å². The Morgan fingerprint density at radius 2 is 1.27 bits per heavy atom. The summed E-state index contributed by atoms with van der Waals surface area (Å²) in [6.07, 6.45) is -0.574. The predicted octanol–water partition coefficient (Wildman–Crippen LogP) is 5.75. The van der Waals surface area contributed by atoms with Gasteiger partial charge >= 0.3 is 6.09 Å². The average Bonchev–Trinajstić information content (AvgIpc) is 3.03. The maximum absolute atomic E-state index is 14.0. The monoisotopic (exact) mass is 607 g/mol. The molecule has 0 saturated carbocycles. The van der Waals surface area contributed by atoms with Crippen molar-refractivity contribution in [1.29, 1.82) is 0 Å². The van der Waals surface area contributed by atoms with E-state index in [1.54, 1.807) is 27.9 Å². The van der Waals surface area contributed by atoms with Gasteiger partial charge in [0, 0.05) is 6.54 Å². The summed E-state index contributed by atoms with van der Waals surface area (Å²) in [7, 11) is 1.60. The van der Waals surface area contributed by atoms with Gasteiger partial charge in [-0.1, -0.05) is 103 Å². The van der Waals surface area contributed by atoms with Gasteiger partial charge in [-0.3, -0.25) is 9.59 Å². The van der Waals surface area contributed by atoms with Crippen LogP contribution < -0.4 is 20.7 Å². The first-order valence-electron chi connectivity index (χ1n) is 15.0. The number of amides is 3. The van der Waals surface area contributed by atoms with Gasteiger partial charge in [0.05, 0.1) is 13.5 Å². The van der Waals surface area contributed by atoms with Gasteiger partial charge in [0.1, 0.15) is 22.9 Å². The fourth-order valence-electron chi connectivity index (χ4n) is 5.17. The summed E-state index contributed by atoms with van der Waals surface area (Å²) in [4.78, 5) is 40.3. The van der Waals surface area contributed by atoms with Crippen molar-refractivity contribution in [3.05, 3.63) is 138 Å². The number of hydrogen-bond acceptors (Lipinski definition) is 5. The van der Waals surface area contributed by atoms with Crippen molar-refractivity contribution >= 4 is 17.9 Å². The van der Waals surface area contributed by atoms with Gasteiger partial charge in [-0.2, -0.15) is 0 Å². The van der Waals surface area contributed by atoms with Crippen LogP contribution in [-0.4, -0.2) is 43.2 Å². The SMILES string of the molecule is COc1cccc(CCNC(=O)[C@@H](CC(=O)NC(c2ccccc2)(c2ccccc2)c2ccccc2)NC(=O)OC(C)(C)C)c1. The van der Waals surface area contributed by atoms with Gasteiger partial charge in [-0.05, 0) is 61.6 Å². The molecular weight excluding hydrogens is 566 g/mol. The second kappa shape index (κ2) is 15.1. The number of rotatable bonds is 12. The Morgan fingerprint density at radius 3 is 1.76 bits per heavy atom. The van der Waals surface area contributed by atoms with Crippen LogP contribution in [0.3, 0.4) is 0 Å². The third-order valence-corrected chi connectivity index (χ3v) is 7.19. The first kappa shape index (κ1) is 32.8. The number of carbonyl (C=O) groups is 3. The minimum Gasteiger partial charge on any atom is -0.497 e. The molecule has 3 amide bonds. The normalized spacial score (nSPS) is 12.0. The summed E-state index contributed by atoms with van der Waals surface area (Å²) in [5.41, 5.74) is 1.64. The molecule has 45 heavy (non-hydrogen) atoms. The number of nitrogens with one attached hydrogen (secondary N) is 3. The highest BCUT2D eigenvalue weighted by Gasteiger charge is 2.39. The third-order valence-electron chi connectivity index (χ3n) is 7.19. The van der Waals surface area contributed by atoms with Crippen molar-refractivity contribution in [3.63, 3.8) is 0 Å². The van der Waals surface area contributed by atoms with Crippen LogP contribution in [0.25, 0.3) is 0 Å². The van der Waals surface area contributed by atoms with E-state index in [1.807, 2.05) is 115 Å². The molecular formula is C37H41N3O5. The molecule has 0 saturated heterocycles. The van der Waals surface area contributed by atoms with E-state index in [0.29, 0.717) is 13.0 Å². The summed E-state index contributed by atoms with van der Waals surface area (Å²) >= 11 is 0. The summed E-state index contributed by atoms with van der Waals surface area (Å²) in [5, 5.41) is 8.75. The molecule has 0 aliphatic heterocycles. The van der Waals surface area contributed by atoms with Crippen LogP contribution in [0.15, 0.2) is 115 Å². The number of carbonyl (C=O) groups excluding carboxylic acids is 3. The van der Waals surface area contributed by atoms with Crippen LogP contribution >= 0.6 is 0 Å². The largest absolute Gasteiger partial charge is 0.497 e. The summed E-state index contributed by atoms with van der Waals surface area (Å²) in [5.74, 6) is -0.210. The fraction of sp³-hybridized carbons (Fsp3) is 0.270. The Morgan fingerprint density at radius 1 is 0.733 bits per heavy atom. The second-order valence-corrected chi connectivity index (χ2v) is 11.7. The van der Waals surface area contributed by atoms with Crippen molar-refractivity contribution in [1.82, 2.24) is 16.0 Å². The molecule has 4 aromatic rings. The molecule has 8 heteroatoms. The third kappa shape index (κ3) is 8.95. The summed E-state index contributed by atoms with van der Waals surface area (Å²) in [6.45, 7) is 5.49. The van der Waals surface area contributed by atoms with Gasteiger partial charge in [0.2, 0.25) is 11.8 Å². The summed E-state index contributed by atoms with van der Waals surface area (Å²) < 4.78 is 10.7. The highest BCUT2D eigenvalue weighted by atomic mass is 16.6. The molecule has 0 fully saturated rings. The topological polar surface area (TPSA) is 106 Å². The number of hydrogen-bond donors (Lipinski definition) is 3. The molecule has 0 bridgehead atoms. The van der Waals surface area contributed by atoms with Crippen LogP contribution in [0, 0.1) is 0 Å². The highest BCUT2D eigenvalue weighted by Crippen LogP contribution is 2.37. The van der Waals surface area contributed by atoms with Crippen molar-refractivity contribution in [2.24, 2.45) is 0 Å². The van der Waals surface area contributed by atoms with Crippen LogP contribution in [0.5, 0.6) is 5.75 Å². The molecule has 3 N–H and O–H groups in total. The van der Waals surface area contributed by atoms with E-state index in [0.717, 1.165) is 28.0 Å². The zero-order valence-electron chi connectivity index (χ0n) is 26.2. The molecule has 0 aromatic heterocycles. The molecule has 0 heterocycles. The molecule has 4 rings (SSSR count). The van der Waals surface area contributed by atoms with E-state index in [4.69, 9.17) is 9.47 Å². The predicted molar refractivity (Wildman–Crippen MR) is 175 cm³/mol. The Hall–Kier alpha value is -5.11. The van der Waals surface area contributed by atoms with Crippen molar-refractivity contribution in [2.45, 2.75) is 50.8 Å². The maximum atomic E-state index is 14.0. The molecule has 0 unspecified atom stereocenters. The van der Waals surface area contributed by atoms with E-state index in [2.05, 4.69) is 16.0 Å². The van der Waals surface area contributed by atoms with Crippen molar-refractivity contribution in [2.75, 3.05) is 13.7 Å². The molecule has 4 aromatic carbocycles. The lowest BCUT2D eigenvalue weighted by molar-refractivity contribution is -0.129. The molecule has 0 radical (unpaired) electrons. The van der Waals surface area contributed by atoms with Gasteiger partial charge in [-0.15, -0.1) is 0 Å². The number of methoxy groups -OCH3 is 1. The lowest BCUT2D eigenvalue weighted by Gasteiger charge is -2.37. The lowest BCUT2D eigenvalue weighted by Crippen LogP contribution is -2.53. The van der Waals surface area contributed by atoms with Gasteiger partial charge in [0.25, 0.3) is 0 Å². The van der Waals surface area contributed by atoms with Gasteiger partial charge in [0.15, 0.2) is 0 Å². The minimum atomic E-state index is -1.19. The molecule has 234 valence electrons. The van der Waals surface area contributed by atoms with Crippen LogP contribution in [-0.2, 0) is 26.3 Å². The number of benzene rings is 4. The molecule has 0 aliphatic rings. The van der Waals surface area contributed by atoms with Gasteiger partial charge in [-0.25, -0.2) is 4.79 Å². The first-order valence-corrected chi connectivity index (χ1v) is 15.0. The lowest BCUT2D eigenvalue weighted by atomic mass is 9.77. The quantitative estimate of drug-likeness (QED) is 0.178. The fourth-order valence-corrected chi connectivity index (χ4v) is 5.17. The van der Waals surface area contributed by atoms with E-state index in [-0.39, 0.29) is 6.42 Å².